The van der Waals surface area contributed by atoms with E-state index < -0.39 is 0 Å². The fourth-order valence-corrected chi connectivity index (χ4v) is 1.29. The van der Waals surface area contributed by atoms with E-state index in [0.29, 0.717) is 6.04 Å². The van der Waals surface area contributed by atoms with Crippen molar-refractivity contribution in [1.29, 1.82) is 0 Å². The van der Waals surface area contributed by atoms with Gasteiger partial charge in [0.25, 0.3) is 0 Å². The number of aromatic nitrogens is 2. The van der Waals surface area contributed by atoms with Crippen LogP contribution in [0.5, 0.6) is 0 Å². The number of nitrogens with one attached hydrogen (secondary N) is 1. The standard InChI is InChI=1S/C11H21N3O/c1-9(2)14-8-11(7-13-14)6-12-5-4-10(3)15/h7-10,12,15H,4-6H2,1-3H3. The fraction of sp³-hybridized carbons (Fsp3) is 0.727. The summed E-state index contributed by atoms with van der Waals surface area (Å²) in [7, 11) is 0. The van der Waals surface area contributed by atoms with Gasteiger partial charge in [-0.3, -0.25) is 4.68 Å². The molecule has 0 aliphatic heterocycles. The maximum Gasteiger partial charge on any atom is 0.0534 e. The second kappa shape index (κ2) is 5.88. The van der Waals surface area contributed by atoms with Gasteiger partial charge < -0.3 is 10.4 Å². The highest BCUT2D eigenvalue weighted by atomic mass is 16.3. The second-order valence-electron chi connectivity index (χ2n) is 4.24. The molecule has 1 heterocycles. The van der Waals surface area contributed by atoms with Crippen LogP contribution in [-0.4, -0.2) is 27.5 Å². The predicted octanol–water partition coefficient (Wildman–Crippen LogP) is 1.32. The van der Waals surface area contributed by atoms with Gasteiger partial charge >= 0.3 is 0 Å². The van der Waals surface area contributed by atoms with Crippen LogP contribution < -0.4 is 5.32 Å². The minimum absolute atomic E-state index is 0.226. The summed E-state index contributed by atoms with van der Waals surface area (Å²) in [5.41, 5.74) is 1.19. The van der Waals surface area contributed by atoms with E-state index in [4.69, 9.17) is 5.11 Å². The van der Waals surface area contributed by atoms with Crippen LogP contribution in [0.15, 0.2) is 12.4 Å². The van der Waals surface area contributed by atoms with E-state index >= 15 is 0 Å². The lowest BCUT2D eigenvalue weighted by Crippen LogP contribution is -2.18. The normalized spacial score (nSPS) is 13.4. The lowest BCUT2D eigenvalue weighted by molar-refractivity contribution is 0.183. The molecular weight excluding hydrogens is 190 g/mol. The van der Waals surface area contributed by atoms with Gasteiger partial charge in [-0.2, -0.15) is 5.10 Å². The van der Waals surface area contributed by atoms with Gasteiger partial charge in [0.2, 0.25) is 0 Å². The van der Waals surface area contributed by atoms with Crippen molar-refractivity contribution >= 4 is 0 Å². The zero-order valence-corrected chi connectivity index (χ0v) is 9.77. The van der Waals surface area contributed by atoms with Gasteiger partial charge in [0, 0.05) is 24.3 Å². The largest absolute Gasteiger partial charge is 0.393 e. The average Bonchev–Trinajstić information content (AvgIpc) is 2.60. The number of aliphatic hydroxyl groups excluding tert-OH is 1. The molecule has 0 saturated carbocycles. The molecule has 1 aromatic heterocycles. The number of rotatable bonds is 6. The van der Waals surface area contributed by atoms with Crippen LogP contribution in [0.25, 0.3) is 0 Å². The van der Waals surface area contributed by atoms with Gasteiger partial charge in [-0.05, 0) is 33.7 Å². The molecular formula is C11H21N3O. The molecule has 1 atom stereocenters. The van der Waals surface area contributed by atoms with Crippen molar-refractivity contribution in [3.8, 4) is 0 Å². The van der Waals surface area contributed by atoms with Gasteiger partial charge in [-0.25, -0.2) is 0 Å². The van der Waals surface area contributed by atoms with E-state index in [-0.39, 0.29) is 6.10 Å². The van der Waals surface area contributed by atoms with Crippen molar-refractivity contribution < 1.29 is 5.11 Å². The van der Waals surface area contributed by atoms with Crippen molar-refractivity contribution in [1.82, 2.24) is 15.1 Å². The number of hydrogen-bond acceptors (Lipinski definition) is 3. The Kier molecular flexibility index (Phi) is 4.78. The van der Waals surface area contributed by atoms with Crippen molar-refractivity contribution in [3.63, 3.8) is 0 Å². The Labute approximate surface area is 91.3 Å². The van der Waals surface area contributed by atoms with E-state index in [1.54, 1.807) is 6.92 Å². The van der Waals surface area contributed by atoms with Crippen molar-refractivity contribution in [2.75, 3.05) is 6.54 Å². The molecule has 0 fully saturated rings. The number of hydrogen-bond donors (Lipinski definition) is 2. The summed E-state index contributed by atoms with van der Waals surface area (Å²) in [6, 6.07) is 0.413. The maximum absolute atomic E-state index is 9.07. The molecule has 0 amide bonds. The second-order valence-corrected chi connectivity index (χ2v) is 4.24. The molecule has 1 aromatic rings. The molecule has 0 radical (unpaired) electrons. The smallest absolute Gasteiger partial charge is 0.0534 e. The Morgan fingerprint density at radius 2 is 2.20 bits per heavy atom. The molecule has 0 aliphatic carbocycles. The summed E-state index contributed by atoms with van der Waals surface area (Å²) in [6.45, 7) is 7.68. The minimum atomic E-state index is -0.226. The van der Waals surface area contributed by atoms with Crippen LogP contribution >= 0.6 is 0 Å². The Morgan fingerprint density at radius 1 is 1.47 bits per heavy atom. The average molecular weight is 211 g/mol. The van der Waals surface area contributed by atoms with E-state index in [1.807, 2.05) is 10.9 Å². The third-order valence-electron chi connectivity index (χ3n) is 2.25. The van der Waals surface area contributed by atoms with Gasteiger partial charge in [-0.15, -0.1) is 0 Å². The first-order chi connectivity index (χ1) is 7.09. The molecule has 0 saturated heterocycles. The molecule has 0 spiro atoms. The SMILES string of the molecule is CC(O)CCNCc1cnn(C(C)C)c1. The summed E-state index contributed by atoms with van der Waals surface area (Å²) < 4.78 is 1.95. The first-order valence-corrected chi connectivity index (χ1v) is 5.51. The van der Waals surface area contributed by atoms with Crippen LogP contribution in [0.1, 0.15) is 38.8 Å². The van der Waals surface area contributed by atoms with E-state index in [0.717, 1.165) is 19.5 Å². The summed E-state index contributed by atoms with van der Waals surface area (Å²) >= 11 is 0. The summed E-state index contributed by atoms with van der Waals surface area (Å²) in [4.78, 5) is 0. The third kappa shape index (κ3) is 4.44. The summed E-state index contributed by atoms with van der Waals surface area (Å²) in [6.07, 6.45) is 4.50. The molecule has 2 N–H and O–H groups in total. The topological polar surface area (TPSA) is 50.1 Å². The van der Waals surface area contributed by atoms with Crippen LogP contribution in [0.4, 0.5) is 0 Å². The fourth-order valence-electron chi connectivity index (χ4n) is 1.29. The summed E-state index contributed by atoms with van der Waals surface area (Å²) in [5.74, 6) is 0. The molecule has 15 heavy (non-hydrogen) atoms. The van der Waals surface area contributed by atoms with Crippen molar-refractivity contribution in [2.24, 2.45) is 0 Å². The zero-order chi connectivity index (χ0) is 11.3. The highest BCUT2D eigenvalue weighted by Crippen LogP contribution is 2.04. The van der Waals surface area contributed by atoms with Gasteiger partial charge in [-0.1, -0.05) is 0 Å². The Morgan fingerprint density at radius 3 is 2.73 bits per heavy atom. The molecule has 4 heteroatoms. The predicted molar refractivity (Wildman–Crippen MR) is 60.6 cm³/mol. The number of nitrogens with zero attached hydrogens (tertiary/aromatic N) is 2. The molecule has 0 aromatic carbocycles. The Balaban J connectivity index is 2.26. The van der Waals surface area contributed by atoms with Crippen LogP contribution in [0.2, 0.25) is 0 Å². The monoisotopic (exact) mass is 211 g/mol. The molecule has 0 aliphatic rings. The minimum Gasteiger partial charge on any atom is -0.393 e. The lowest BCUT2D eigenvalue weighted by atomic mass is 10.3. The van der Waals surface area contributed by atoms with Crippen LogP contribution in [0, 0.1) is 0 Å². The van der Waals surface area contributed by atoms with E-state index in [1.165, 1.54) is 5.56 Å². The molecule has 4 nitrogen and oxygen atoms in total. The highest BCUT2D eigenvalue weighted by Gasteiger charge is 2.01. The van der Waals surface area contributed by atoms with Crippen LogP contribution in [-0.2, 0) is 6.54 Å². The summed E-state index contributed by atoms with van der Waals surface area (Å²) in [5, 5.41) is 16.6. The van der Waals surface area contributed by atoms with Gasteiger partial charge in [0.1, 0.15) is 0 Å². The molecule has 0 bridgehead atoms. The zero-order valence-electron chi connectivity index (χ0n) is 9.77. The van der Waals surface area contributed by atoms with Gasteiger partial charge in [0.05, 0.1) is 12.3 Å². The molecule has 1 unspecified atom stereocenters. The molecule has 86 valence electrons. The highest BCUT2D eigenvalue weighted by molar-refractivity contribution is 5.03. The number of aliphatic hydroxyl groups is 1. The first-order valence-electron chi connectivity index (χ1n) is 5.51. The van der Waals surface area contributed by atoms with E-state index in [2.05, 4.69) is 30.5 Å². The Bertz CT molecular complexity index is 281. The first kappa shape index (κ1) is 12.2. The lowest BCUT2D eigenvalue weighted by Gasteiger charge is -2.05. The quantitative estimate of drug-likeness (QED) is 0.698. The van der Waals surface area contributed by atoms with Crippen LogP contribution in [0.3, 0.4) is 0 Å². The van der Waals surface area contributed by atoms with E-state index in [9.17, 15) is 0 Å². The maximum atomic E-state index is 9.07. The van der Waals surface area contributed by atoms with Gasteiger partial charge in [0.15, 0.2) is 0 Å². The third-order valence-corrected chi connectivity index (χ3v) is 2.25. The molecule has 1 rings (SSSR count). The van der Waals surface area contributed by atoms with Crippen molar-refractivity contribution in [2.45, 2.75) is 45.9 Å². The van der Waals surface area contributed by atoms with Crippen molar-refractivity contribution in [3.05, 3.63) is 18.0 Å². The Hall–Kier alpha value is -0.870.